The average Bonchev–Trinajstić information content (AvgIpc) is 2.81. The van der Waals surface area contributed by atoms with Gasteiger partial charge in [-0.25, -0.2) is 0 Å². The van der Waals surface area contributed by atoms with Gasteiger partial charge in [-0.15, -0.1) is 0 Å². The Hall–Kier alpha value is -1.85. The lowest BCUT2D eigenvalue weighted by Gasteiger charge is -2.36. The van der Waals surface area contributed by atoms with E-state index in [-0.39, 0.29) is 11.8 Å². The third-order valence-electron chi connectivity index (χ3n) is 3.19. The van der Waals surface area contributed by atoms with Crippen molar-refractivity contribution in [2.45, 2.75) is 45.8 Å². The van der Waals surface area contributed by atoms with Gasteiger partial charge in [0.25, 0.3) is 0 Å². The summed E-state index contributed by atoms with van der Waals surface area (Å²) < 4.78 is 1.74. The molecule has 0 aromatic carbocycles. The predicted molar refractivity (Wildman–Crippen MR) is 67.1 cm³/mol. The van der Waals surface area contributed by atoms with E-state index in [9.17, 15) is 9.59 Å². The Morgan fingerprint density at radius 1 is 1.39 bits per heavy atom. The molecule has 1 fully saturated rings. The number of piperazine rings is 1. The molecule has 1 aliphatic heterocycles. The standard InChI is InChI=1S/C12H18N4O2/c1-4-10-11(17)14-8(3)12(18)16(10)9-6-13-15(5-2)7-9/h6-8,10H,4-5H2,1-3H3,(H,14,17). The van der Waals surface area contributed by atoms with Gasteiger partial charge in [-0.1, -0.05) is 6.92 Å². The van der Waals surface area contributed by atoms with Crippen LogP contribution in [0.3, 0.4) is 0 Å². The Morgan fingerprint density at radius 2 is 2.11 bits per heavy atom. The van der Waals surface area contributed by atoms with Gasteiger partial charge in [-0.05, 0) is 20.3 Å². The Bertz CT molecular complexity index is 468. The van der Waals surface area contributed by atoms with E-state index >= 15 is 0 Å². The van der Waals surface area contributed by atoms with Crippen LogP contribution in [0, 0.1) is 0 Å². The summed E-state index contributed by atoms with van der Waals surface area (Å²) in [6.07, 6.45) is 4.02. The highest BCUT2D eigenvalue weighted by molar-refractivity contribution is 6.08. The number of nitrogens with one attached hydrogen (secondary N) is 1. The van der Waals surface area contributed by atoms with Crippen molar-refractivity contribution in [2.24, 2.45) is 0 Å². The zero-order chi connectivity index (χ0) is 13.3. The number of carbonyl (C=O) groups is 2. The number of hydrogen-bond acceptors (Lipinski definition) is 3. The first-order valence-corrected chi connectivity index (χ1v) is 6.24. The fourth-order valence-corrected chi connectivity index (χ4v) is 2.18. The van der Waals surface area contributed by atoms with E-state index in [1.807, 2.05) is 13.8 Å². The zero-order valence-corrected chi connectivity index (χ0v) is 10.9. The van der Waals surface area contributed by atoms with Crippen LogP contribution in [0.15, 0.2) is 12.4 Å². The fourth-order valence-electron chi connectivity index (χ4n) is 2.18. The summed E-state index contributed by atoms with van der Waals surface area (Å²) in [5.74, 6) is -0.189. The summed E-state index contributed by atoms with van der Waals surface area (Å²) in [4.78, 5) is 25.7. The van der Waals surface area contributed by atoms with E-state index in [2.05, 4.69) is 10.4 Å². The maximum Gasteiger partial charge on any atom is 0.250 e. The summed E-state index contributed by atoms with van der Waals surface area (Å²) in [6.45, 7) is 6.30. The SMILES string of the molecule is CCC1C(=O)NC(C)C(=O)N1c1cnn(CC)c1. The van der Waals surface area contributed by atoms with Crippen LogP contribution in [0.25, 0.3) is 0 Å². The average molecular weight is 250 g/mol. The molecule has 2 amide bonds. The van der Waals surface area contributed by atoms with Gasteiger partial charge in [0.2, 0.25) is 11.8 Å². The zero-order valence-electron chi connectivity index (χ0n) is 10.9. The van der Waals surface area contributed by atoms with Crippen LogP contribution in [0.4, 0.5) is 5.69 Å². The number of nitrogens with zero attached hydrogens (tertiary/aromatic N) is 3. The molecule has 18 heavy (non-hydrogen) atoms. The molecule has 0 aliphatic carbocycles. The van der Waals surface area contributed by atoms with Crippen LogP contribution in [-0.2, 0) is 16.1 Å². The molecule has 0 spiro atoms. The minimum absolute atomic E-state index is 0.0860. The maximum absolute atomic E-state index is 12.2. The number of hydrogen-bond donors (Lipinski definition) is 1. The lowest BCUT2D eigenvalue weighted by molar-refractivity contribution is -0.133. The number of anilines is 1. The second-order valence-electron chi connectivity index (χ2n) is 4.42. The minimum Gasteiger partial charge on any atom is -0.343 e. The molecule has 1 aromatic heterocycles. The third-order valence-corrected chi connectivity index (χ3v) is 3.19. The summed E-state index contributed by atoms with van der Waals surface area (Å²) in [7, 11) is 0. The number of amides is 2. The summed E-state index contributed by atoms with van der Waals surface area (Å²) in [5.41, 5.74) is 0.690. The molecule has 1 aliphatic rings. The molecule has 0 bridgehead atoms. The fraction of sp³-hybridized carbons (Fsp3) is 0.583. The van der Waals surface area contributed by atoms with Gasteiger partial charge in [0, 0.05) is 12.7 Å². The Labute approximate surface area is 106 Å². The van der Waals surface area contributed by atoms with Crippen LogP contribution in [0.1, 0.15) is 27.2 Å². The van der Waals surface area contributed by atoms with Crippen molar-refractivity contribution in [3.05, 3.63) is 12.4 Å². The van der Waals surface area contributed by atoms with E-state index in [0.29, 0.717) is 12.1 Å². The number of aromatic nitrogens is 2. The van der Waals surface area contributed by atoms with Crippen LogP contribution in [0.2, 0.25) is 0 Å². The Balaban J connectivity index is 2.36. The van der Waals surface area contributed by atoms with Crippen molar-refractivity contribution in [3.63, 3.8) is 0 Å². The van der Waals surface area contributed by atoms with Crippen LogP contribution < -0.4 is 10.2 Å². The molecule has 2 unspecified atom stereocenters. The lowest BCUT2D eigenvalue weighted by atomic mass is 10.1. The second-order valence-corrected chi connectivity index (χ2v) is 4.42. The molecule has 2 rings (SSSR count). The maximum atomic E-state index is 12.2. The topological polar surface area (TPSA) is 67.2 Å². The molecule has 2 heterocycles. The van der Waals surface area contributed by atoms with E-state index in [1.165, 1.54) is 0 Å². The summed E-state index contributed by atoms with van der Waals surface area (Å²) >= 11 is 0. The molecular weight excluding hydrogens is 232 g/mol. The quantitative estimate of drug-likeness (QED) is 0.851. The van der Waals surface area contributed by atoms with Crippen molar-refractivity contribution in [1.29, 1.82) is 0 Å². The summed E-state index contributed by atoms with van der Waals surface area (Å²) in [6, 6.07) is -0.923. The van der Waals surface area contributed by atoms with Gasteiger partial charge in [0.15, 0.2) is 0 Å². The van der Waals surface area contributed by atoms with Gasteiger partial charge in [0.05, 0.1) is 11.9 Å². The molecule has 6 nitrogen and oxygen atoms in total. The Morgan fingerprint density at radius 3 is 2.67 bits per heavy atom. The normalized spacial score (nSPS) is 24.3. The van der Waals surface area contributed by atoms with Gasteiger partial charge < -0.3 is 5.32 Å². The minimum atomic E-state index is -0.481. The highest BCUT2D eigenvalue weighted by Crippen LogP contribution is 2.22. The number of rotatable bonds is 3. The smallest absolute Gasteiger partial charge is 0.250 e. The first-order valence-electron chi connectivity index (χ1n) is 6.24. The van der Waals surface area contributed by atoms with Crippen LogP contribution in [0.5, 0.6) is 0 Å². The molecule has 6 heteroatoms. The molecule has 2 atom stereocenters. The van der Waals surface area contributed by atoms with Gasteiger partial charge in [0.1, 0.15) is 12.1 Å². The molecule has 0 saturated carbocycles. The van der Waals surface area contributed by atoms with Crippen molar-refractivity contribution < 1.29 is 9.59 Å². The first kappa shape index (κ1) is 12.6. The van der Waals surface area contributed by atoms with E-state index in [0.717, 1.165) is 6.54 Å². The lowest BCUT2D eigenvalue weighted by Crippen LogP contribution is -2.62. The molecule has 1 aromatic rings. The van der Waals surface area contributed by atoms with Gasteiger partial charge in [-0.3, -0.25) is 19.2 Å². The van der Waals surface area contributed by atoms with Crippen LogP contribution >= 0.6 is 0 Å². The Kier molecular flexibility index (Phi) is 3.36. The molecular formula is C12H18N4O2. The highest BCUT2D eigenvalue weighted by atomic mass is 16.2. The molecule has 0 radical (unpaired) electrons. The monoisotopic (exact) mass is 250 g/mol. The van der Waals surface area contributed by atoms with E-state index < -0.39 is 12.1 Å². The number of carbonyl (C=O) groups excluding carboxylic acids is 2. The van der Waals surface area contributed by atoms with Gasteiger partial charge in [-0.2, -0.15) is 5.10 Å². The largest absolute Gasteiger partial charge is 0.343 e. The van der Waals surface area contributed by atoms with Crippen molar-refractivity contribution in [1.82, 2.24) is 15.1 Å². The van der Waals surface area contributed by atoms with Crippen LogP contribution in [-0.4, -0.2) is 33.7 Å². The molecule has 98 valence electrons. The van der Waals surface area contributed by atoms with Crippen molar-refractivity contribution in [3.8, 4) is 0 Å². The predicted octanol–water partition coefficient (Wildman–Crippen LogP) is 0.533. The molecule has 1 saturated heterocycles. The van der Waals surface area contributed by atoms with E-state index in [4.69, 9.17) is 0 Å². The van der Waals surface area contributed by atoms with Crippen molar-refractivity contribution in [2.75, 3.05) is 4.90 Å². The first-order chi connectivity index (χ1) is 8.58. The highest BCUT2D eigenvalue weighted by Gasteiger charge is 2.38. The van der Waals surface area contributed by atoms with Gasteiger partial charge >= 0.3 is 0 Å². The van der Waals surface area contributed by atoms with Crippen molar-refractivity contribution >= 4 is 17.5 Å². The summed E-state index contributed by atoms with van der Waals surface area (Å²) in [5, 5.41) is 6.85. The van der Waals surface area contributed by atoms with E-state index in [1.54, 1.807) is 28.9 Å². The second kappa shape index (κ2) is 4.80. The third kappa shape index (κ3) is 1.98. The molecule has 1 N–H and O–H groups in total. The number of aryl methyl sites for hydroxylation is 1.